The molecule has 0 aromatic heterocycles. The van der Waals surface area contributed by atoms with E-state index in [0.717, 1.165) is 35.7 Å². The van der Waals surface area contributed by atoms with E-state index < -0.39 is 0 Å². The van der Waals surface area contributed by atoms with Gasteiger partial charge >= 0.3 is 0 Å². The molecule has 0 aliphatic carbocycles. The summed E-state index contributed by atoms with van der Waals surface area (Å²) in [6, 6.07) is 15.1. The Hall–Kier alpha value is -2.48. The van der Waals surface area contributed by atoms with Crippen LogP contribution in [0, 0.1) is 6.07 Å². The Kier molecular flexibility index (Phi) is 2.59. The van der Waals surface area contributed by atoms with Gasteiger partial charge in [-0.3, -0.25) is 0 Å². The topological polar surface area (TPSA) is 18.5 Å². The van der Waals surface area contributed by atoms with Gasteiger partial charge in [-0.15, -0.1) is 0 Å². The van der Waals surface area contributed by atoms with Gasteiger partial charge in [0.05, 0.1) is 6.26 Å². The summed E-state index contributed by atoms with van der Waals surface area (Å²) in [6.07, 6.45) is 7.69. The highest BCUT2D eigenvalue weighted by atomic mass is 16.5. The van der Waals surface area contributed by atoms with Crippen LogP contribution >= 0.6 is 0 Å². The lowest BCUT2D eigenvalue weighted by Gasteiger charge is -2.19. The van der Waals surface area contributed by atoms with Crippen LogP contribution < -0.4 is 9.47 Å². The van der Waals surface area contributed by atoms with Gasteiger partial charge in [0.2, 0.25) is 0 Å². The predicted octanol–water partition coefficient (Wildman–Crippen LogP) is 3.91. The van der Waals surface area contributed by atoms with Crippen LogP contribution in [0.3, 0.4) is 0 Å². The minimum absolute atomic E-state index is 0.896. The van der Waals surface area contributed by atoms with Crippen molar-refractivity contribution in [2.24, 2.45) is 0 Å². The Morgan fingerprint density at radius 1 is 1.00 bits per heavy atom. The summed E-state index contributed by atoms with van der Waals surface area (Å²) in [5.41, 5.74) is 3.49. The quantitative estimate of drug-likeness (QED) is 0.774. The largest absolute Gasteiger partial charge is 0.465 e. The standard InChI is InChI=1S/C18H13O2/c1-2-6-17-13(4-1)7-10-18(20-17)15-8-9-16-14(12-15)5-3-11-19-16/h1,3-4,6,8-12H,5,7H2. The summed E-state index contributed by atoms with van der Waals surface area (Å²) in [5, 5.41) is 0. The van der Waals surface area contributed by atoms with Crippen LogP contribution in [0.1, 0.15) is 16.7 Å². The molecular weight excluding hydrogens is 248 g/mol. The van der Waals surface area contributed by atoms with E-state index in [1.54, 1.807) is 6.26 Å². The molecule has 2 aromatic carbocycles. The van der Waals surface area contributed by atoms with Crippen LogP contribution in [0.15, 0.2) is 54.8 Å². The molecule has 1 radical (unpaired) electrons. The normalized spacial score (nSPS) is 15.5. The minimum atomic E-state index is 0.896. The molecule has 0 bridgehead atoms. The molecule has 2 heteroatoms. The van der Waals surface area contributed by atoms with Crippen molar-refractivity contribution in [1.82, 2.24) is 0 Å². The van der Waals surface area contributed by atoms with Crippen molar-refractivity contribution in [3.05, 3.63) is 77.6 Å². The second kappa shape index (κ2) is 4.57. The third-order valence-electron chi connectivity index (χ3n) is 3.61. The van der Waals surface area contributed by atoms with E-state index in [-0.39, 0.29) is 0 Å². The van der Waals surface area contributed by atoms with Crippen molar-refractivity contribution in [3.63, 3.8) is 0 Å². The SMILES string of the molecule is [c]1ccc2c(c1)OC(c1ccc3c(c1)CC=CO3)=CC2. The van der Waals surface area contributed by atoms with E-state index in [1.807, 2.05) is 36.4 Å². The van der Waals surface area contributed by atoms with E-state index in [4.69, 9.17) is 9.47 Å². The van der Waals surface area contributed by atoms with E-state index in [0.29, 0.717) is 0 Å². The lowest BCUT2D eigenvalue weighted by molar-refractivity contribution is 0.464. The average molecular weight is 261 g/mol. The molecule has 20 heavy (non-hydrogen) atoms. The highest BCUT2D eigenvalue weighted by molar-refractivity contribution is 5.67. The first kappa shape index (κ1) is 11.4. The van der Waals surface area contributed by atoms with Crippen LogP contribution in [0.25, 0.3) is 5.76 Å². The number of hydrogen-bond acceptors (Lipinski definition) is 2. The van der Waals surface area contributed by atoms with Gasteiger partial charge in [-0.25, -0.2) is 0 Å². The fourth-order valence-electron chi connectivity index (χ4n) is 2.55. The molecule has 0 spiro atoms. The molecule has 0 saturated heterocycles. The van der Waals surface area contributed by atoms with Crippen molar-refractivity contribution in [3.8, 4) is 11.5 Å². The first-order valence-corrected chi connectivity index (χ1v) is 6.72. The zero-order chi connectivity index (χ0) is 13.4. The molecule has 4 rings (SSSR count). The molecule has 0 saturated carbocycles. The van der Waals surface area contributed by atoms with Gasteiger partial charge in [0.15, 0.2) is 0 Å². The Morgan fingerprint density at radius 2 is 2.00 bits per heavy atom. The molecular formula is C18H13O2. The molecule has 0 N–H and O–H groups in total. The summed E-state index contributed by atoms with van der Waals surface area (Å²) in [7, 11) is 0. The van der Waals surface area contributed by atoms with Crippen molar-refractivity contribution in [2.45, 2.75) is 12.8 Å². The third-order valence-corrected chi connectivity index (χ3v) is 3.61. The summed E-state index contributed by atoms with van der Waals surface area (Å²) >= 11 is 0. The highest BCUT2D eigenvalue weighted by Crippen LogP contribution is 2.32. The van der Waals surface area contributed by atoms with Crippen molar-refractivity contribution >= 4 is 5.76 Å². The highest BCUT2D eigenvalue weighted by Gasteiger charge is 2.15. The summed E-state index contributed by atoms with van der Waals surface area (Å²) in [4.78, 5) is 0. The predicted molar refractivity (Wildman–Crippen MR) is 77.5 cm³/mol. The number of fused-ring (bicyclic) bond motifs is 2. The molecule has 0 fully saturated rings. The Labute approximate surface area is 118 Å². The second-order valence-corrected chi connectivity index (χ2v) is 4.92. The van der Waals surface area contributed by atoms with Crippen LogP contribution in [0.4, 0.5) is 0 Å². The van der Waals surface area contributed by atoms with Crippen molar-refractivity contribution in [2.75, 3.05) is 0 Å². The average Bonchev–Trinajstić information content (AvgIpc) is 2.54. The zero-order valence-electron chi connectivity index (χ0n) is 10.9. The van der Waals surface area contributed by atoms with Gasteiger partial charge in [0.25, 0.3) is 0 Å². The van der Waals surface area contributed by atoms with Crippen LogP contribution in [-0.2, 0) is 12.8 Å². The van der Waals surface area contributed by atoms with Crippen LogP contribution in [0.2, 0.25) is 0 Å². The number of rotatable bonds is 1. The molecule has 2 heterocycles. The fraction of sp³-hybridized carbons (Fsp3) is 0.111. The third kappa shape index (κ3) is 1.90. The minimum Gasteiger partial charge on any atom is -0.465 e. The summed E-state index contributed by atoms with van der Waals surface area (Å²) < 4.78 is 11.5. The van der Waals surface area contributed by atoms with Gasteiger partial charge in [-0.2, -0.15) is 0 Å². The number of benzene rings is 2. The van der Waals surface area contributed by atoms with Gasteiger partial charge in [0, 0.05) is 5.56 Å². The summed E-state index contributed by atoms with van der Waals surface area (Å²) in [5.74, 6) is 2.75. The summed E-state index contributed by atoms with van der Waals surface area (Å²) in [6.45, 7) is 0. The number of hydrogen-bond donors (Lipinski definition) is 0. The first-order chi connectivity index (χ1) is 9.90. The molecule has 2 aliphatic heterocycles. The smallest absolute Gasteiger partial charge is 0.131 e. The molecule has 2 aromatic rings. The molecule has 2 nitrogen and oxygen atoms in total. The molecule has 97 valence electrons. The van der Waals surface area contributed by atoms with Crippen molar-refractivity contribution in [1.29, 1.82) is 0 Å². The number of allylic oxidation sites excluding steroid dienone is 2. The van der Waals surface area contributed by atoms with Crippen molar-refractivity contribution < 1.29 is 9.47 Å². The molecule has 0 amide bonds. The van der Waals surface area contributed by atoms with Gasteiger partial charge in [-0.1, -0.05) is 12.1 Å². The van der Waals surface area contributed by atoms with Gasteiger partial charge in [0.1, 0.15) is 17.3 Å². The number of ether oxygens (including phenoxy) is 2. The Morgan fingerprint density at radius 3 is 3.00 bits per heavy atom. The monoisotopic (exact) mass is 261 g/mol. The van der Waals surface area contributed by atoms with E-state index >= 15 is 0 Å². The molecule has 0 atom stereocenters. The van der Waals surface area contributed by atoms with E-state index in [1.165, 1.54) is 11.1 Å². The maximum absolute atomic E-state index is 5.98. The first-order valence-electron chi connectivity index (χ1n) is 6.72. The van der Waals surface area contributed by atoms with E-state index in [2.05, 4.69) is 18.2 Å². The van der Waals surface area contributed by atoms with Crippen LogP contribution in [0.5, 0.6) is 11.5 Å². The lowest BCUT2D eigenvalue weighted by atomic mass is 10.0. The Bertz CT molecular complexity index is 726. The van der Waals surface area contributed by atoms with E-state index in [9.17, 15) is 0 Å². The van der Waals surface area contributed by atoms with Crippen LogP contribution in [-0.4, -0.2) is 0 Å². The zero-order valence-corrected chi connectivity index (χ0v) is 10.9. The lowest BCUT2D eigenvalue weighted by Crippen LogP contribution is -2.05. The molecule has 0 unspecified atom stereocenters. The molecule has 2 aliphatic rings. The Balaban J connectivity index is 1.68. The second-order valence-electron chi connectivity index (χ2n) is 4.92. The maximum atomic E-state index is 5.98. The fourth-order valence-corrected chi connectivity index (χ4v) is 2.55. The van der Waals surface area contributed by atoms with Gasteiger partial charge in [-0.05, 0) is 66.5 Å². The van der Waals surface area contributed by atoms with Gasteiger partial charge < -0.3 is 9.47 Å². The maximum Gasteiger partial charge on any atom is 0.131 e.